The highest BCUT2D eigenvalue weighted by atomic mass is 32.2. The van der Waals surface area contributed by atoms with E-state index in [2.05, 4.69) is 15.5 Å². The van der Waals surface area contributed by atoms with Crippen LogP contribution in [-0.2, 0) is 26.5 Å². The third-order valence-corrected chi connectivity index (χ3v) is 7.69. The first-order valence-electron chi connectivity index (χ1n) is 11.1. The van der Waals surface area contributed by atoms with Gasteiger partial charge in [-0.2, -0.15) is 4.31 Å². The Labute approximate surface area is 213 Å². The Morgan fingerprint density at radius 3 is 2.56 bits per heavy atom. The summed E-state index contributed by atoms with van der Waals surface area (Å²) < 4.78 is 39.3. The van der Waals surface area contributed by atoms with Crippen molar-refractivity contribution in [1.82, 2.24) is 8.87 Å². The van der Waals surface area contributed by atoms with E-state index in [9.17, 15) is 18.3 Å². The molecule has 0 saturated carbocycles. The summed E-state index contributed by atoms with van der Waals surface area (Å²) in [6.07, 6.45) is 0. The van der Waals surface area contributed by atoms with E-state index in [0.29, 0.717) is 35.4 Å². The van der Waals surface area contributed by atoms with Gasteiger partial charge in [0.2, 0.25) is 21.0 Å². The number of nitrogens with zero attached hydrogens (tertiary/aromatic N) is 4. The molecule has 1 fully saturated rings. The molecular formula is C23H25N5O6S2. The van der Waals surface area contributed by atoms with Crippen LogP contribution >= 0.6 is 12.2 Å². The summed E-state index contributed by atoms with van der Waals surface area (Å²) in [7, 11) is -2.11. The Balaban J connectivity index is 1.57. The second-order valence-corrected chi connectivity index (χ2v) is 10.2. The predicted molar refractivity (Wildman–Crippen MR) is 137 cm³/mol. The second-order valence-electron chi connectivity index (χ2n) is 7.85. The molecular weight excluding hydrogens is 506 g/mol. The lowest BCUT2D eigenvalue weighted by molar-refractivity contribution is 0.0526. The fourth-order valence-electron chi connectivity index (χ4n) is 3.73. The highest BCUT2D eigenvalue weighted by molar-refractivity contribution is 7.89. The third kappa shape index (κ3) is 5.23. The zero-order chi connectivity index (χ0) is 25.9. The van der Waals surface area contributed by atoms with Gasteiger partial charge in [0, 0.05) is 31.2 Å². The van der Waals surface area contributed by atoms with Crippen LogP contribution in [0.2, 0.25) is 0 Å². The Hall–Kier alpha value is -3.39. The van der Waals surface area contributed by atoms with E-state index in [1.807, 2.05) is 0 Å². The van der Waals surface area contributed by atoms with Gasteiger partial charge in [0.05, 0.1) is 35.8 Å². The van der Waals surface area contributed by atoms with Gasteiger partial charge in [0.1, 0.15) is 0 Å². The van der Waals surface area contributed by atoms with Crippen LogP contribution in [0, 0.1) is 0 Å². The van der Waals surface area contributed by atoms with E-state index in [0.717, 1.165) is 0 Å². The van der Waals surface area contributed by atoms with Crippen molar-refractivity contribution in [2.75, 3.05) is 38.2 Å². The molecule has 190 valence electrons. The van der Waals surface area contributed by atoms with Crippen LogP contribution in [0.3, 0.4) is 0 Å². The number of morpholine rings is 1. The normalized spacial score (nSPS) is 14.8. The molecule has 2 heterocycles. The monoisotopic (exact) mass is 531 g/mol. The quantitative estimate of drug-likeness (QED) is 0.280. The van der Waals surface area contributed by atoms with Crippen LogP contribution in [0.1, 0.15) is 17.3 Å². The fourth-order valence-corrected chi connectivity index (χ4v) is 5.33. The van der Waals surface area contributed by atoms with E-state index in [4.69, 9.17) is 21.7 Å². The highest BCUT2D eigenvalue weighted by Crippen LogP contribution is 2.39. The first-order chi connectivity index (χ1) is 17.2. The molecule has 0 spiro atoms. The zero-order valence-electron chi connectivity index (χ0n) is 19.7. The summed E-state index contributed by atoms with van der Waals surface area (Å²) in [5.74, 6) is -0.607. The van der Waals surface area contributed by atoms with Gasteiger partial charge in [-0.1, -0.05) is 0 Å². The summed E-state index contributed by atoms with van der Waals surface area (Å²) in [5.41, 5.74) is 1.65. The summed E-state index contributed by atoms with van der Waals surface area (Å²) in [6.45, 7) is 3.23. The number of nitrogens with one attached hydrogen (secondary N) is 1. The molecule has 0 amide bonds. The molecule has 2 N–H and O–H groups in total. The molecule has 2 aromatic carbocycles. The zero-order valence-corrected chi connectivity index (χ0v) is 21.3. The smallest absolute Gasteiger partial charge is 0.338 e. The highest BCUT2D eigenvalue weighted by Gasteiger charge is 2.27. The van der Waals surface area contributed by atoms with Gasteiger partial charge in [-0.25, -0.2) is 13.2 Å². The van der Waals surface area contributed by atoms with Gasteiger partial charge < -0.3 is 24.5 Å². The number of aryl methyl sites for hydroxylation is 1. The number of carbonyl (C=O) groups excluding carboxylic acids is 1. The average molecular weight is 532 g/mol. The van der Waals surface area contributed by atoms with Gasteiger partial charge in [-0.15, -0.1) is 10.2 Å². The summed E-state index contributed by atoms with van der Waals surface area (Å²) in [6, 6.07) is 11.1. The number of sulfonamides is 1. The van der Waals surface area contributed by atoms with Gasteiger partial charge in [-0.3, -0.25) is 0 Å². The third-order valence-electron chi connectivity index (χ3n) is 5.61. The lowest BCUT2D eigenvalue weighted by atomic mass is 10.2. The number of carbonyl (C=O) groups is 1. The number of hydrogen-bond donors (Lipinski definition) is 2. The van der Waals surface area contributed by atoms with Crippen molar-refractivity contribution in [2.24, 2.45) is 17.3 Å². The molecule has 0 bridgehead atoms. The minimum absolute atomic E-state index is 0.00683. The van der Waals surface area contributed by atoms with E-state index in [1.165, 1.54) is 21.0 Å². The molecule has 3 aromatic rings. The molecule has 13 heteroatoms. The van der Waals surface area contributed by atoms with Crippen LogP contribution in [0.25, 0.3) is 10.9 Å². The van der Waals surface area contributed by atoms with E-state index >= 15 is 0 Å². The number of hydrogen-bond acceptors (Lipinski definition) is 8. The lowest BCUT2D eigenvalue weighted by Crippen LogP contribution is -2.40. The van der Waals surface area contributed by atoms with Crippen molar-refractivity contribution in [3.05, 3.63) is 48.0 Å². The number of fused-ring (bicyclic) bond motifs is 1. The van der Waals surface area contributed by atoms with Crippen LogP contribution in [-0.4, -0.2) is 66.4 Å². The Bertz CT molecular complexity index is 1430. The number of rotatable bonds is 6. The van der Waals surface area contributed by atoms with E-state index < -0.39 is 16.0 Å². The standard InChI is InChI=1S/C23H25N5O6S2/c1-3-34-22(30)15-4-6-16(7-5-15)24-23(35)26-25-20-18-14-17(8-9-19(18)27(2)21(20)29)36(31,32)28-10-12-33-13-11-28/h4-9,14,29H,3,10-13H2,1-2H3,(H,24,35). The number of esters is 1. The van der Waals surface area contributed by atoms with Gasteiger partial charge in [0.25, 0.3) is 0 Å². The van der Waals surface area contributed by atoms with Crippen LogP contribution in [0.5, 0.6) is 5.88 Å². The van der Waals surface area contributed by atoms with Crippen LogP contribution < -0.4 is 5.32 Å². The molecule has 0 atom stereocenters. The summed E-state index contributed by atoms with van der Waals surface area (Å²) in [4.78, 5) is 11.9. The molecule has 1 aliphatic heterocycles. The summed E-state index contributed by atoms with van der Waals surface area (Å²) >= 11 is 5.24. The largest absolute Gasteiger partial charge is 0.493 e. The Morgan fingerprint density at radius 2 is 1.89 bits per heavy atom. The lowest BCUT2D eigenvalue weighted by Gasteiger charge is -2.26. The predicted octanol–water partition coefficient (Wildman–Crippen LogP) is 3.56. The molecule has 0 aliphatic carbocycles. The molecule has 0 unspecified atom stereocenters. The van der Waals surface area contributed by atoms with Crippen molar-refractivity contribution in [1.29, 1.82) is 0 Å². The molecule has 4 rings (SSSR count). The number of thiocarbonyl (C=S) groups is 1. The maximum absolute atomic E-state index is 13.1. The van der Waals surface area contributed by atoms with Crippen LogP contribution in [0.4, 0.5) is 11.4 Å². The van der Waals surface area contributed by atoms with Crippen molar-refractivity contribution in [3.63, 3.8) is 0 Å². The number of benzene rings is 2. The molecule has 1 saturated heterocycles. The van der Waals surface area contributed by atoms with Gasteiger partial charge in [-0.05, 0) is 61.6 Å². The second kappa shape index (κ2) is 10.7. The molecule has 36 heavy (non-hydrogen) atoms. The maximum Gasteiger partial charge on any atom is 0.338 e. The molecule has 1 aliphatic rings. The number of ether oxygens (including phenoxy) is 2. The van der Waals surface area contributed by atoms with Crippen molar-refractivity contribution in [2.45, 2.75) is 11.8 Å². The Kier molecular flexibility index (Phi) is 7.64. The van der Waals surface area contributed by atoms with Crippen molar-refractivity contribution < 1.29 is 27.8 Å². The minimum Gasteiger partial charge on any atom is -0.493 e. The van der Waals surface area contributed by atoms with Crippen molar-refractivity contribution >= 4 is 55.6 Å². The minimum atomic E-state index is -3.74. The summed E-state index contributed by atoms with van der Waals surface area (Å²) in [5, 5.41) is 22.0. The first kappa shape index (κ1) is 25.7. The SMILES string of the molecule is CCOC(=O)c1ccc(NC(=S)N=Nc2c(O)n(C)c3ccc(S(=O)(=O)N4CCOCC4)cc23)cc1. The van der Waals surface area contributed by atoms with Gasteiger partial charge >= 0.3 is 5.97 Å². The number of anilines is 1. The maximum atomic E-state index is 13.1. The first-order valence-corrected chi connectivity index (χ1v) is 13.0. The number of aromatic hydroxyl groups is 1. The van der Waals surface area contributed by atoms with Crippen molar-refractivity contribution in [3.8, 4) is 5.88 Å². The molecule has 0 radical (unpaired) electrons. The number of azo groups is 1. The van der Waals surface area contributed by atoms with E-state index in [-0.39, 0.29) is 41.3 Å². The van der Waals surface area contributed by atoms with Gasteiger partial charge in [0.15, 0.2) is 5.69 Å². The topological polar surface area (TPSA) is 135 Å². The average Bonchev–Trinajstić information content (AvgIpc) is 3.12. The molecule has 11 nitrogen and oxygen atoms in total. The van der Waals surface area contributed by atoms with E-state index in [1.54, 1.807) is 44.3 Å². The van der Waals surface area contributed by atoms with Crippen LogP contribution in [0.15, 0.2) is 57.6 Å². The number of aromatic nitrogens is 1. The molecule has 1 aromatic heterocycles. The fraction of sp³-hybridized carbons (Fsp3) is 0.304. The Morgan fingerprint density at radius 1 is 1.19 bits per heavy atom.